The van der Waals surface area contributed by atoms with Crippen molar-refractivity contribution >= 4 is 11.8 Å². The van der Waals surface area contributed by atoms with Crippen LogP contribution in [-0.4, -0.2) is 34.8 Å². The van der Waals surface area contributed by atoms with Gasteiger partial charge in [0.2, 0.25) is 11.8 Å². The fourth-order valence-electron chi connectivity index (χ4n) is 2.73. The van der Waals surface area contributed by atoms with Crippen LogP contribution >= 0.6 is 0 Å². The molecule has 4 atom stereocenters. The van der Waals surface area contributed by atoms with Crippen molar-refractivity contribution < 1.29 is 9.59 Å². The van der Waals surface area contributed by atoms with Crippen molar-refractivity contribution in [1.29, 1.82) is 0 Å². The molecule has 0 aromatic rings. The summed E-state index contributed by atoms with van der Waals surface area (Å²) in [7, 11) is 0. The van der Waals surface area contributed by atoms with Gasteiger partial charge in [0.05, 0.1) is 0 Å². The van der Waals surface area contributed by atoms with Crippen molar-refractivity contribution in [1.82, 2.24) is 10.2 Å². The minimum Gasteiger partial charge on any atom is -0.342 e. The van der Waals surface area contributed by atoms with E-state index < -0.39 is 12.1 Å². The molecule has 1 aliphatic heterocycles. The molecule has 20 heavy (non-hydrogen) atoms. The Morgan fingerprint density at radius 1 is 1.30 bits per heavy atom. The zero-order valence-corrected chi connectivity index (χ0v) is 13.1. The van der Waals surface area contributed by atoms with Crippen LogP contribution in [0.15, 0.2) is 0 Å². The molecule has 1 aliphatic rings. The minimum atomic E-state index is -0.428. The molecule has 0 aliphatic carbocycles. The van der Waals surface area contributed by atoms with E-state index in [1.165, 1.54) is 0 Å². The number of nitrogens with one attached hydrogen (secondary N) is 1. The monoisotopic (exact) mass is 278 g/mol. The van der Waals surface area contributed by atoms with Gasteiger partial charge in [-0.05, 0) is 18.8 Å². The van der Waals surface area contributed by atoms with Crippen LogP contribution in [0.5, 0.6) is 0 Å². The second-order valence-corrected chi connectivity index (χ2v) is 6.06. The predicted octanol–water partition coefficient (Wildman–Crippen LogP) is 1.80. The molecule has 0 bridgehead atoms. The summed E-state index contributed by atoms with van der Waals surface area (Å²) in [6, 6.07) is -0.966. The first kappa shape index (κ1) is 16.6. The normalized spacial score (nSPS) is 26.1. The third-order valence-corrected chi connectivity index (χ3v) is 4.12. The SMILES string of the molecule is C#CCC(C)N1C(=O)C(C(C)CC)NC(=O)C1C(C)C. The van der Waals surface area contributed by atoms with Crippen molar-refractivity contribution in [2.24, 2.45) is 11.8 Å². The van der Waals surface area contributed by atoms with Crippen LogP contribution < -0.4 is 5.32 Å². The molecule has 112 valence electrons. The summed E-state index contributed by atoms with van der Waals surface area (Å²) < 4.78 is 0. The van der Waals surface area contributed by atoms with Crippen LogP contribution in [0.25, 0.3) is 0 Å². The van der Waals surface area contributed by atoms with E-state index in [0.717, 1.165) is 6.42 Å². The zero-order chi connectivity index (χ0) is 15.4. The molecule has 0 radical (unpaired) electrons. The molecule has 1 saturated heterocycles. The average molecular weight is 278 g/mol. The highest BCUT2D eigenvalue weighted by Crippen LogP contribution is 2.24. The molecular weight excluding hydrogens is 252 g/mol. The fraction of sp³-hybridized carbons (Fsp3) is 0.750. The third-order valence-electron chi connectivity index (χ3n) is 4.12. The molecule has 4 unspecified atom stereocenters. The van der Waals surface area contributed by atoms with E-state index >= 15 is 0 Å². The van der Waals surface area contributed by atoms with E-state index in [1.54, 1.807) is 4.90 Å². The number of piperazine rings is 1. The quantitative estimate of drug-likeness (QED) is 0.780. The summed E-state index contributed by atoms with van der Waals surface area (Å²) >= 11 is 0. The molecule has 2 amide bonds. The maximum Gasteiger partial charge on any atom is 0.246 e. The van der Waals surface area contributed by atoms with Crippen LogP contribution in [0.2, 0.25) is 0 Å². The third kappa shape index (κ3) is 3.15. The highest BCUT2D eigenvalue weighted by molar-refractivity contribution is 5.97. The van der Waals surface area contributed by atoms with E-state index in [9.17, 15) is 9.59 Å². The largest absolute Gasteiger partial charge is 0.342 e. The van der Waals surface area contributed by atoms with E-state index in [0.29, 0.717) is 6.42 Å². The first-order valence-electron chi connectivity index (χ1n) is 7.41. The number of carbonyl (C=O) groups excluding carboxylic acids is 2. The average Bonchev–Trinajstić information content (AvgIpc) is 2.39. The molecule has 1 heterocycles. The molecule has 1 fully saturated rings. The number of rotatable bonds is 5. The maximum absolute atomic E-state index is 12.7. The summed E-state index contributed by atoms with van der Waals surface area (Å²) in [5.74, 6) is 2.72. The highest BCUT2D eigenvalue weighted by Gasteiger charge is 2.45. The summed E-state index contributed by atoms with van der Waals surface area (Å²) in [4.78, 5) is 26.8. The summed E-state index contributed by atoms with van der Waals surface area (Å²) in [6.07, 6.45) is 6.69. The molecule has 1 rings (SSSR count). The van der Waals surface area contributed by atoms with Gasteiger partial charge in [0.25, 0.3) is 0 Å². The van der Waals surface area contributed by atoms with Crippen molar-refractivity contribution in [2.45, 2.75) is 65.6 Å². The lowest BCUT2D eigenvalue weighted by atomic mass is 9.89. The lowest BCUT2D eigenvalue weighted by molar-refractivity contribution is -0.155. The number of terminal acetylenes is 1. The van der Waals surface area contributed by atoms with E-state index in [1.807, 2.05) is 34.6 Å². The Kier molecular flexibility index (Phi) is 5.62. The summed E-state index contributed by atoms with van der Waals surface area (Å²) in [5, 5.41) is 2.89. The molecule has 4 heteroatoms. The van der Waals surface area contributed by atoms with Gasteiger partial charge >= 0.3 is 0 Å². The van der Waals surface area contributed by atoms with Crippen LogP contribution in [-0.2, 0) is 9.59 Å². The molecule has 4 nitrogen and oxygen atoms in total. The summed E-state index contributed by atoms with van der Waals surface area (Å²) in [5.41, 5.74) is 0. The lowest BCUT2D eigenvalue weighted by Gasteiger charge is -2.45. The van der Waals surface area contributed by atoms with Gasteiger partial charge in [-0.1, -0.05) is 34.1 Å². The zero-order valence-electron chi connectivity index (χ0n) is 13.1. The molecular formula is C16H26N2O2. The Balaban J connectivity index is 3.11. The number of carbonyl (C=O) groups is 2. The smallest absolute Gasteiger partial charge is 0.246 e. The highest BCUT2D eigenvalue weighted by atomic mass is 16.2. The number of hydrogen-bond acceptors (Lipinski definition) is 2. The molecule has 0 saturated carbocycles. The minimum absolute atomic E-state index is 0.000370. The molecule has 0 aromatic carbocycles. The number of nitrogens with zero attached hydrogens (tertiary/aromatic N) is 1. The van der Waals surface area contributed by atoms with Gasteiger partial charge in [-0.15, -0.1) is 12.3 Å². The van der Waals surface area contributed by atoms with Crippen LogP contribution in [0.3, 0.4) is 0 Å². The van der Waals surface area contributed by atoms with Gasteiger partial charge < -0.3 is 10.2 Å². The molecule has 0 aromatic heterocycles. The van der Waals surface area contributed by atoms with Crippen molar-refractivity contribution in [3.8, 4) is 12.3 Å². The second kappa shape index (κ2) is 6.78. The summed E-state index contributed by atoms with van der Waals surface area (Å²) in [6.45, 7) is 9.84. The van der Waals surface area contributed by atoms with Gasteiger partial charge in [0.15, 0.2) is 0 Å². The van der Waals surface area contributed by atoms with E-state index in [4.69, 9.17) is 6.42 Å². The van der Waals surface area contributed by atoms with Crippen molar-refractivity contribution in [3.63, 3.8) is 0 Å². The van der Waals surface area contributed by atoms with E-state index in [-0.39, 0.29) is 29.7 Å². The van der Waals surface area contributed by atoms with Gasteiger partial charge in [-0.25, -0.2) is 0 Å². The Morgan fingerprint density at radius 3 is 2.35 bits per heavy atom. The lowest BCUT2D eigenvalue weighted by Crippen LogP contribution is -2.68. The van der Waals surface area contributed by atoms with Crippen LogP contribution in [0, 0.1) is 24.2 Å². The number of amides is 2. The van der Waals surface area contributed by atoms with Crippen molar-refractivity contribution in [2.75, 3.05) is 0 Å². The second-order valence-electron chi connectivity index (χ2n) is 6.06. The Hall–Kier alpha value is -1.50. The Bertz CT molecular complexity index is 411. The van der Waals surface area contributed by atoms with Gasteiger partial charge in [-0.2, -0.15) is 0 Å². The first-order valence-corrected chi connectivity index (χ1v) is 7.41. The van der Waals surface area contributed by atoms with Crippen LogP contribution in [0.4, 0.5) is 0 Å². The standard InChI is InChI=1S/C16H26N2O2/c1-7-9-12(6)18-14(10(3)4)15(19)17-13(16(18)20)11(5)8-2/h1,10-14H,8-9H2,2-6H3,(H,17,19). The van der Waals surface area contributed by atoms with Crippen LogP contribution in [0.1, 0.15) is 47.5 Å². The van der Waals surface area contributed by atoms with Gasteiger partial charge in [0, 0.05) is 12.5 Å². The molecule has 1 N–H and O–H groups in total. The van der Waals surface area contributed by atoms with Gasteiger partial charge in [-0.3, -0.25) is 9.59 Å². The Morgan fingerprint density at radius 2 is 1.90 bits per heavy atom. The molecule has 0 spiro atoms. The number of hydrogen-bond donors (Lipinski definition) is 1. The van der Waals surface area contributed by atoms with Gasteiger partial charge in [0.1, 0.15) is 12.1 Å². The van der Waals surface area contributed by atoms with E-state index in [2.05, 4.69) is 11.2 Å². The maximum atomic E-state index is 12.7. The van der Waals surface area contributed by atoms with Crippen molar-refractivity contribution in [3.05, 3.63) is 0 Å². The predicted molar refractivity (Wildman–Crippen MR) is 79.8 cm³/mol. The topological polar surface area (TPSA) is 49.4 Å². The first-order chi connectivity index (χ1) is 9.34. The fourth-order valence-corrected chi connectivity index (χ4v) is 2.73. The Labute approximate surface area is 122 Å².